The standard InChI is InChI=1S/C20H13NO5S.CH4S/c22-19(15-8-4-5-9-16(15)20(23)24)13-10-11-18(17(12-13)21(25)26)27-14-6-2-1-3-7-14;1-2/h1-12H,(H,23,24);2H,1H3/i/hD. The van der Waals surface area contributed by atoms with Gasteiger partial charge >= 0.3 is 5.97 Å². The van der Waals surface area contributed by atoms with Gasteiger partial charge < -0.3 is 5.11 Å². The van der Waals surface area contributed by atoms with E-state index in [-0.39, 0.29) is 22.4 Å². The molecule has 1 N–H and O–H groups in total. The summed E-state index contributed by atoms with van der Waals surface area (Å²) < 4.78 is 6.12. The van der Waals surface area contributed by atoms with Gasteiger partial charge in [0.1, 0.15) is 1.12 Å². The largest absolute Gasteiger partial charge is 0.478 e. The van der Waals surface area contributed by atoms with Gasteiger partial charge in [-0.25, -0.2) is 4.79 Å². The fraction of sp³-hybridized carbons (Fsp3) is 0.0476. The molecular formula is C21H17NO5S2. The number of aromatic carboxylic acids is 1. The Hall–Kier alpha value is -3.10. The SMILES string of the molecule is O=C(O)c1ccccc1C(=O)c1ccc(Sc2ccccc2)c([N+](=O)[O-])c1.[2H]SC. The van der Waals surface area contributed by atoms with Gasteiger partial charge in [-0.1, -0.05) is 48.2 Å². The molecule has 148 valence electrons. The molecule has 0 amide bonds. The molecule has 3 rings (SSSR count). The number of benzene rings is 3. The smallest absolute Gasteiger partial charge is 0.336 e. The Kier molecular flexibility index (Phi) is 7.43. The highest BCUT2D eigenvalue weighted by atomic mass is 32.2. The number of carboxylic acid groups (broad SMARTS) is 1. The molecule has 0 spiro atoms. The van der Waals surface area contributed by atoms with Gasteiger partial charge in [0, 0.05) is 22.1 Å². The molecule has 0 aromatic heterocycles. The van der Waals surface area contributed by atoms with Crippen molar-refractivity contribution in [3.05, 3.63) is 99.6 Å². The first-order valence-electron chi connectivity index (χ1n) is 8.67. The number of carboxylic acids is 1. The van der Waals surface area contributed by atoms with Crippen LogP contribution in [0, 0.1) is 10.1 Å². The average Bonchev–Trinajstić information content (AvgIpc) is 2.74. The molecule has 3 aromatic carbocycles. The van der Waals surface area contributed by atoms with Gasteiger partial charge in [0.2, 0.25) is 0 Å². The van der Waals surface area contributed by atoms with Crippen LogP contribution >= 0.6 is 24.3 Å². The molecular weight excluding hydrogens is 410 g/mol. The molecule has 0 heterocycles. The molecule has 6 nitrogen and oxygen atoms in total. The summed E-state index contributed by atoms with van der Waals surface area (Å²) in [6, 6.07) is 19.1. The third-order valence-corrected chi connectivity index (χ3v) is 4.86. The van der Waals surface area contributed by atoms with E-state index in [0.717, 1.165) is 17.4 Å². The first kappa shape index (κ1) is 20.6. The fourth-order valence-electron chi connectivity index (χ4n) is 2.53. The highest BCUT2D eigenvalue weighted by Gasteiger charge is 2.22. The Balaban J connectivity index is 0.00000101. The molecule has 8 heteroatoms. The predicted molar refractivity (Wildman–Crippen MR) is 115 cm³/mol. The normalized spacial score (nSPS) is 10.3. The number of ketones is 1. The third kappa shape index (κ3) is 5.46. The van der Waals surface area contributed by atoms with E-state index in [4.69, 9.17) is 1.12 Å². The zero-order valence-corrected chi connectivity index (χ0v) is 16.9. The van der Waals surface area contributed by atoms with E-state index in [1.165, 1.54) is 48.2 Å². The molecule has 0 unspecified atom stereocenters. The minimum Gasteiger partial charge on any atom is -0.478 e. The van der Waals surface area contributed by atoms with Crippen LogP contribution < -0.4 is 0 Å². The minimum atomic E-state index is -1.23. The average molecular weight is 429 g/mol. The second kappa shape index (κ2) is 10.4. The number of nitrogens with zero attached hydrogens (tertiary/aromatic N) is 1. The molecule has 0 saturated heterocycles. The lowest BCUT2D eigenvalue weighted by Gasteiger charge is -2.07. The highest BCUT2D eigenvalue weighted by Crippen LogP contribution is 2.35. The number of hydrogen-bond acceptors (Lipinski definition) is 6. The van der Waals surface area contributed by atoms with Crippen molar-refractivity contribution < 1.29 is 19.6 Å². The maximum absolute atomic E-state index is 12.7. The lowest BCUT2D eigenvalue weighted by atomic mass is 9.98. The monoisotopic (exact) mass is 428 g/mol. The third-order valence-electron chi connectivity index (χ3n) is 3.79. The van der Waals surface area contributed by atoms with Crippen molar-refractivity contribution in [1.29, 1.82) is 1.12 Å². The molecule has 0 aliphatic heterocycles. The molecule has 0 atom stereocenters. The van der Waals surface area contributed by atoms with Gasteiger partial charge in [0.25, 0.3) is 5.69 Å². The summed E-state index contributed by atoms with van der Waals surface area (Å²) in [6.45, 7) is 0. The second-order valence-electron chi connectivity index (χ2n) is 5.53. The Morgan fingerprint density at radius 3 is 2.21 bits per heavy atom. The number of nitro groups is 1. The molecule has 29 heavy (non-hydrogen) atoms. The van der Waals surface area contributed by atoms with Crippen molar-refractivity contribution in [2.75, 3.05) is 6.26 Å². The van der Waals surface area contributed by atoms with Crippen LogP contribution in [0.5, 0.6) is 0 Å². The summed E-state index contributed by atoms with van der Waals surface area (Å²) in [6.07, 6.45) is 1.71. The number of hydrogen-bond donors (Lipinski definition) is 2. The van der Waals surface area contributed by atoms with E-state index in [0.29, 0.717) is 4.90 Å². The van der Waals surface area contributed by atoms with Crippen LogP contribution in [0.2, 0.25) is 0 Å². The van der Waals surface area contributed by atoms with E-state index < -0.39 is 16.7 Å². The molecule has 0 fully saturated rings. The summed E-state index contributed by atoms with van der Waals surface area (Å²) in [5.74, 6) is -1.81. The van der Waals surface area contributed by atoms with Crippen LogP contribution in [-0.2, 0) is 0 Å². The first-order chi connectivity index (χ1) is 14.4. The van der Waals surface area contributed by atoms with Gasteiger partial charge in [0.15, 0.2) is 5.78 Å². The summed E-state index contributed by atoms with van der Waals surface area (Å²) in [5, 5.41) is 20.7. The van der Waals surface area contributed by atoms with E-state index in [1.807, 2.05) is 30.3 Å². The maximum Gasteiger partial charge on any atom is 0.336 e. The minimum absolute atomic E-state index is 0.0113. The van der Waals surface area contributed by atoms with Gasteiger partial charge in [0.05, 0.1) is 15.4 Å². The lowest BCUT2D eigenvalue weighted by molar-refractivity contribution is -0.387. The summed E-state index contributed by atoms with van der Waals surface area (Å²) in [7, 11) is 0. The van der Waals surface area contributed by atoms with E-state index in [1.54, 1.807) is 12.3 Å². The van der Waals surface area contributed by atoms with Crippen LogP contribution in [0.4, 0.5) is 5.69 Å². The Labute approximate surface area is 178 Å². The summed E-state index contributed by atoms with van der Waals surface area (Å²) >= 11 is 2.22. The van der Waals surface area contributed by atoms with E-state index in [9.17, 15) is 24.8 Å². The second-order valence-corrected chi connectivity index (χ2v) is 6.65. The van der Waals surface area contributed by atoms with Crippen molar-refractivity contribution >= 4 is 41.7 Å². The lowest BCUT2D eigenvalue weighted by Crippen LogP contribution is -2.10. The number of carbonyl (C=O) groups is 2. The fourth-order valence-corrected chi connectivity index (χ4v) is 3.45. The van der Waals surface area contributed by atoms with Gasteiger partial charge in [-0.2, -0.15) is 12.5 Å². The summed E-state index contributed by atoms with van der Waals surface area (Å²) in [4.78, 5) is 36.2. The van der Waals surface area contributed by atoms with Crippen LogP contribution in [0.25, 0.3) is 0 Å². The van der Waals surface area contributed by atoms with Crippen molar-refractivity contribution in [2.24, 2.45) is 0 Å². The highest BCUT2D eigenvalue weighted by molar-refractivity contribution is 7.99. The van der Waals surface area contributed by atoms with Crippen LogP contribution in [0.1, 0.15) is 26.3 Å². The van der Waals surface area contributed by atoms with Crippen molar-refractivity contribution in [2.45, 2.75) is 9.79 Å². The Bertz CT molecular complexity index is 1060. The van der Waals surface area contributed by atoms with Gasteiger partial charge in [-0.15, -0.1) is 0 Å². The summed E-state index contributed by atoms with van der Waals surface area (Å²) in [5.41, 5.74) is -0.300. The Morgan fingerprint density at radius 2 is 1.62 bits per heavy atom. The molecule has 0 radical (unpaired) electrons. The van der Waals surface area contributed by atoms with E-state index in [2.05, 4.69) is 0 Å². The molecule has 0 aliphatic rings. The predicted octanol–water partition coefficient (Wildman–Crippen LogP) is 5.22. The zero-order valence-electron chi connectivity index (χ0n) is 16.3. The van der Waals surface area contributed by atoms with Crippen LogP contribution in [0.3, 0.4) is 0 Å². The number of nitro benzene ring substituents is 1. The van der Waals surface area contributed by atoms with Gasteiger partial charge in [-0.05, 0) is 36.6 Å². The molecule has 3 aromatic rings. The van der Waals surface area contributed by atoms with Crippen molar-refractivity contribution in [1.82, 2.24) is 0 Å². The van der Waals surface area contributed by atoms with Crippen molar-refractivity contribution in [3.63, 3.8) is 0 Å². The molecule has 0 saturated carbocycles. The number of rotatable bonds is 6. The first-order valence-corrected chi connectivity index (χ1v) is 9.90. The van der Waals surface area contributed by atoms with Crippen LogP contribution in [0.15, 0.2) is 82.6 Å². The van der Waals surface area contributed by atoms with Gasteiger partial charge in [-0.3, -0.25) is 14.9 Å². The topological polar surface area (TPSA) is 97.5 Å². The van der Waals surface area contributed by atoms with Crippen molar-refractivity contribution in [3.8, 4) is 0 Å². The number of carbonyl (C=O) groups excluding carboxylic acids is 1. The quantitative estimate of drug-likeness (QED) is 0.242. The molecule has 0 bridgehead atoms. The van der Waals surface area contributed by atoms with E-state index >= 15 is 0 Å². The van der Waals surface area contributed by atoms with Crippen LogP contribution in [-0.4, -0.2) is 29.2 Å². The zero-order chi connectivity index (χ0) is 22.1. The number of thiol groups is 1. The Morgan fingerprint density at radius 1 is 1.03 bits per heavy atom. The maximum atomic E-state index is 12.7. The molecule has 0 aliphatic carbocycles.